The molecular weight excluding hydrogens is 421 g/mol. The summed E-state index contributed by atoms with van der Waals surface area (Å²) in [5.74, 6) is -0.0295. The van der Waals surface area contributed by atoms with E-state index in [1.54, 1.807) is 43.3 Å². The number of carbonyl (C=O) groups is 1. The molecule has 2 N–H and O–H groups in total. The van der Waals surface area contributed by atoms with E-state index in [1.165, 1.54) is 6.08 Å². The van der Waals surface area contributed by atoms with Gasteiger partial charge in [0.05, 0.1) is 23.7 Å². The SMILES string of the molecule is CCC(C)Oc1nc(CF)ccc1/C=C/C(=O)NCc1ccc(NS(C)(=O)=O)c(C)c1. The number of sulfonamides is 1. The van der Waals surface area contributed by atoms with Gasteiger partial charge in [0.2, 0.25) is 21.8 Å². The molecule has 1 heterocycles. The van der Waals surface area contributed by atoms with Gasteiger partial charge in [-0.15, -0.1) is 0 Å². The summed E-state index contributed by atoms with van der Waals surface area (Å²) in [5, 5.41) is 2.77. The second-order valence-electron chi connectivity index (χ2n) is 7.24. The lowest BCUT2D eigenvalue weighted by molar-refractivity contribution is -0.116. The van der Waals surface area contributed by atoms with Crippen molar-refractivity contribution in [3.8, 4) is 5.88 Å². The van der Waals surface area contributed by atoms with Crippen molar-refractivity contribution in [1.29, 1.82) is 0 Å². The molecule has 7 nitrogen and oxygen atoms in total. The average molecular weight is 450 g/mol. The van der Waals surface area contributed by atoms with Crippen LogP contribution in [0.25, 0.3) is 6.08 Å². The topological polar surface area (TPSA) is 97.4 Å². The van der Waals surface area contributed by atoms with Crippen LogP contribution in [0.4, 0.5) is 10.1 Å². The van der Waals surface area contributed by atoms with Crippen molar-refractivity contribution in [3.63, 3.8) is 0 Å². The summed E-state index contributed by atoms with van der Waals surface area (Å²) in [6.45, 7) is 5.23. The largest absolute Gasteiger partial charge is 0.474 e. The number of aromatic nitrogens is 1. The van der Waals surface area contributed by atoms with Crippen LogP contribution >= 0.6 is 0 Å². The summed E-state index contributed by atoms with van der Waals surface area (Å²) in [4.78, 5) is 16.4. The predicted molar refractivity (Wildman–Crippen MR) is 120 cm³/mol. The molecule has 1 unspecified atom stereocenters. The summed E-state index contributed by atoms with van der Waals surface area (Å²) in [7, 11) is -3.35. The zero-order chi connectivity index (χ0) is 23.0. The Balaban J connectivity index is 2.03. The van der Waals surface area contributed by atoms with E-state index in [0.717, 1.165) is 23.8 Å². The Morgan fingerprint density at radius 2 is 2.03 bits per heavy atom. The molecule has 1 amide bonds. The lowest BCUT2D eigenvalue weighted by Gasteiger charge is -2.14. The fourth-order valence-electron chi connectivity index (χ4n) is 2.62. The number of nitrogens with zero attached hydrogens (tertiary/aromatic N) is 1. The Hall–Kier alpha value is -2.94. The van der Waals surface area contributed by atoms with Crippen LogP contribution in [0.5, 0.6) is 5.88 Å². The van der Waals surface area contributed by atoms with Crippen LogP contribution in [0, 0.1) is 6.92 Å². The molecule has 0 aliphatic heterocycles. The van der Waals surface area contributed by atoms with Crippen LogP contribution in [-0.2, 0) is 28.0 Å². The number of carbonyl (C=O) groups excluding carboxylic acids is 1. The Morgan fingerprint density at radius 1 is 1.29 bits per heavy atom. The molecule has 0 bridgehead atoms. The Morgan fingerprint density at radius 3 is 2.65 bits per heavy atom. The summed E-state index contributed by atoms with van der Waals surface area (Å²) < 4.78 is 43.9. The van der Waals surface area contributed by atoms with Gasteiger partial charge in [0.1, 0.15) is 6.67 Å². The molecule has 0 saturated heterocycles. The van der Waals surface area contributed by atoms with Gasteiger partial charge in [-0.2, -0.15) is 0 Å². The van der Waals surface area contributed by atoms with Gasteiger partial charge in [0.25, 0.3) is 0 Å². The molecule has 9 heteroatoms. The van der Waals surface area contributed by atoms with Crippen molar-refractivity contribution in [1.82, 2.24) is 10.3 Å². The first-order valence-corrected chi connectivity index (χ1v) is 11.8. The van der Waals surface area contributed by atoms with Crippen LogP contribution < -0.4 is 14.8 Å². The number of anilines is 1. The van der Waals surface area contributed by atoms with Gasteiger partial charge < -0.3 is 10.1 Å². The van der Waals surface area contributed by atoms with Crippen LogP contribution in [0.3, 0.4) is 0 Å². The lowest BCUT2D eigenvalue weighted by atomic mass is 10.1. The number of benzene rings is 1. The number of ether oxygens (including phenoxy) is 1. The first-order valence-electron chi connectivity index (χ1n) is 9.87. The number of nitrogens with one attached hydrogen (secondary N) is 2. The second-order valence-corrected chi connectivity index (χ2v) is 8.99. The van der Waals surface area contributed by atoms with Crippen molar-refractivity contribution in [2.75, 3.05) is 11.0 Å². The van der Waals surface area contributed by atoms with Crippen LogP contribution in [0.2, 0.25) is 0 Å². The highest BCUT2D eigenvalue weighted by molar-refractivity contribution is 7.92. The third kappa shape index (κ3) is 8.01. The maximum absolute atomic E-state index is 12.9. The fraction of sp³-hybridized carbons (Fsp3) is 0.364. The number of hydrogen-bond donors (Lipinski definition) is 2. The Labute approximate surface area is 182 Å². The van der Waals surface area contributed by atoms with Crippen molar-refractivity contribution in [2.24, 2.45) is 0 Å². The van der Waals surface area contributed by atoms with Crippen LogP contribution in [0.1, 0.15) is 42.7 Å². The minimum Gasteiger partial charge on any atom is -0.474 e. The van der Waals surface area contributed by atoms with Gasteiger partial charge in [-0.1, -0.05) is 19.1 Å². The van der Waals surface area contributed by atoms with E-state index in [-0.39, 0.29) is 30.1 Å². The number of alkyl halides is 1. The molecule has 0 saturated carbocycles. The van der Waals surface area contributed by atoms with Crippen molar-refractivity contribution < 1.29 is 22.3 Å². The maximum Gasteiger partial charge on any atom is 0.244 e. The number of rotatable bonds is 10. The van der Waals surface area contributed by atoms with Crippen LogP contribution in [-0.4, -0.2) is 31.7 Å². The van der Waals surface area contributed by atoms with Crippen molar-refractivity contribution in [2.45, 2.75) is 46.5 Å². The van der Waals surface area contributed by atoms with Crippen LogP contribution in [0.15, 0.2) is 36.4 Å². The summed E-state index contributed by atoms with van der Waals surface area (Å²) >= 11 is 0. The third-order valence-corrected chi connectivity index (χ3v) is 5.03. The van der Waals surface area contributed by atoms with Crippen molar-refractivity contribution >= 4 is 27.7 Å². The Bertz CT molecular complexity index is 1050. The number of aryl methyl sites for hydroxylation is 1. The number of halogens is 1. The smallest absolute Gasteiger partial charge is 0.244 e. The molecule has 0 aliphatic rings. The monoisotopic (exact) mass is 449 g/mol. The molecule has 1 atom stereocenters. The van der Waals surface area contributed by atoms with E-state index in [2.05, 4.69) is 15.0 Å². The molecule has 1 aromatic heterocycles. The number of amides is 1. The zero-order valence-electron chi connectivity index (χ0n) is 18.1. The average Bonchev–Trinajstić information content (AvgIpc) is 2.72. The molecule has 2 aromatic rings. The zero-order valence-corrected chi connectivity index (χ0v) is 18.9. The lowest BCUT2D eigenvalue weighted by Crippen LogP contribution is -2.20. The van der Waals surface area contributed by atoms with E-state index in [4.69, 9.17) is 4.74 Å². The van der Waals surface area contributed by atoms with Gasteiger partial charge in [-0.25, -0.2) is 17.8 Å². The summed E-state index contributed by atoms with van der Waals surface area (Å²) in [5.41, 5.74) is 2.92. The summed E-state index contributed by atoms with van der Waals surface area (Å²) in [6, 6.07) is 8.41. The van der Waals surface area contributed by atoms with E-state index in [0.29, 0.717) is 11.3 Å². The molecule has 168 valence electrons. The quantitative estimate of drug-likeness (QED) is 0.539. The standard InChI is InChI=1S/C22H28FN3O4S/c1-5-16(3)30-22-18(7-9-19(13-23)25-22)8-11-21(27)24-14-17-6-10-20(15(2)12-17)26-31(4,28)29/h6-12,16,26H,5,13-14H2,1-4H3,(H,24,27)/b11-8+. The number of hydrogen-bond acceptors (Lipinski definition) is 5. The molecule has 2 rings (SSSR count). The molecule has 1 aromatic carbocycles. The molecule has 31 heavy (non-hydrogen) atoms. The minimum absolute atomic E-state index is 0.0910. The molecular formula is C22H28FN3O4S. The van der Waals surface area contributed by atoms with Gasteiger partial charge in [-0.3, -0.25) is 9.52 Å². The molecule has 0 spiro atoms. The highest BCUT2D eigenvalue weighted by atomic mass is 32.2. The molecule has 0 fully saturated rings. The van der Waals surface area contributed by atoms with Gasteiger partial charge >= 0.3 is 0 Å². The van der Waals surface area contributed by atoms with E-state index in [9.17, 15) is 17.6 Å². The normalized spacial score (nSPS) is 12.5. The maximum atomic E-state index is 12.9. The van der Waals surface area contributed by atoms with Gasteiger partial charge in [0.15, 0.2) is 0 Å². The first-order chi connectivity index (χ1) is 14.6. The van der Waals surface area contributed by atoms with Crippen molar-refractivity contribution in [3.05, 3.63) is 58.8 Å². The van der Waals surface area contributed by atoms with E-state index in [1.807, 2.05) is 13.8 Å². The fourth-order valence-corrected chi connectivity index (χ4v) is 3.25. The van der Waals surface area contributed by atoms with E-state index < -0.39 is 16.7 Å². The highest BCUT2D eigenvalue weighted by Gasteiger charge is 2.10. The highest BCUT2D eigenvalue weighted by Crippen LogP contribution is 2.21. The molecule has 0 aliphatic carbocycles. The van der Waals surface area contributed by atoms with Gasteiger partial charge in [-0.05, 0) is 55.7 Å². The number of pyridine rings is 1. The predicted octanol–water partition coefficient (Wildman–Crippen LogP) is 3.74. The first kappa shape index (κ1) is 24.3. The third-order valence-electron chi connectivity index (χ3n) is 4.44. The summed E-state index contributed by atoms with van der Waals surface area (Å²) in [6.07, 6.45) is 4.71. The van der Waals surface area contributed by atoms with E-state index >= 15 is 0 Å². The van der Waals surface area contributed by atoms with Gasteiger partial charge in [0, 0.05) is 18.2 Å². The molecule has 0 radical (unpaired) electrons. The minimum atomic E-state index is -3.35. The second kappa shape index (κ2) is 10.9. The Kier molecular flexibility index (Phi) is 8.56.